The molecule has 0 N–H and O–H groups in total. The number of imidazole rings is 1. The number of rotatable bonds is 5. The summed E-state index contributed by atoms with van der Waals surface area (Å²) in [7, 11) is 0. The molecule has 0 saturated carbocycles. The second-order valence-corrected chi connectivity index (χ2v) is 6.83. The van der Waals surface area contributed by atoms with E-state index in [0.717, 1.165) is 30.1 Å². The molecule has 19 heavy (non-hydrogen) atoms. The van der Waals surface area contributed by atoms with Crippen molar-refractivity contribution >= 4 is 50.3 Å². The summed E-state index contributed by atoms with van der Waals surface area (Å²) >= 11 is 11.2. The largest absolute Gasteiger partial charge is 0.327 e. The average molecular weight is 366 g/mol. The van der Waals surface area contributed by atoms with Gasteiger partial charge < -0.3 is 4.57 Å². The van der Waals surface area contributed by atoms with Crippen LogP contribution >= 0.6 is 39.3 Å². The van der Waals surface area contributed by atoms with Crippen LogP contribution in [-0.2, 0) is 6.54 Å². The van der Waals surface area contributed by atoms with Gasteiger partial charge in [-0.05, 0) is 47.3 Å². The Hall–Kier alpha value is -0.260. The van der Waals surface area contributed by atoms with E-state index in [1.165, 1.54) is 6.07 Å². The van der Waals surface area contributed by atoms with Crippen LogP contribution < -0.4 is 0 Å². The van der Waals surface area contributed by atoms with E-state index in [1.54, 1.807) is 6.07 Å². The average Bonchev–Trinajstić information content (AvgIpc) is 2.69. The first-order valence-electron chi connectivity index (χ1n) is 6.02. The molecule has 0 radical (unpaired) electrons. The van der Waals surface area contributed by atoms with Gasteiger partial charge in [0, 0.05) is 12.6 Å². The number of benzene rings is 1. The maximum absolute atomic E-state index is 13.6. The van der Waals surface area contributed by atoms with Crippen molar-refractivity contribution in [3.63, 3.8) is 0 Å². The molecule has 0 fully saturated rings. The Bertz CT molecular complexity index is 586. The number of hydrogen-bond acceptors (Lipinski definition) is 2. The van der Waals surface area contributed by atoms with Crippen molar-refractivity contribution < 1.29 is 4.39 Å². The fraction of sp³-hybridized carbons (Fsp3) is 0.462. The third-order valence-electron chi connectivity index (χ3n) is 2.91. The van der Waals surface area contributed by atoms with Crippen molar-refractivity contribution in [3.05, 3.63) is 28.2 Å². The molecule has 0 saturated heterocycles. The zero-order valence-corrected chi connectivity index (χ0v) is 13.9. The van der Waals surface area contributed by atoms with E-state index >= 15 is 0 Å². The summed E-state index contributed by atoms with van der Waals surface area (Å²) in [5.41, 5.74) is 1.59. The maximum Gasteiger partial charge on any atom is 0.139 e. The molecule has 1 aromatic heterocycles. The maximum atomic E-state index is 13.6. The zero-order valence-electron chi connectivity index (χ0n) is 10.8. The van der Waals surface area contributed by atoms with Crippen molar-refractivity contribution in [2.24, 2.45) is 0 Å². The molecule has 2 nitrogen and oxygen atoms in total. The Morgan fingerprint density at radius 2 is 2.26 bits per heavy atom. The Kier molecular flexibility index (Phi) is 5.15. The van der Waals surface area contributed by atoms with Gasteiger partial charge >= 0.3 is 0 Å². The van der Waals surface area contributed by atoms with Crippen molar-refractivity contribution in [2.75, 3.05) is 12.0 Å². The van der Waals surface area contributed by atoms with Gasteiger partial charge in [-0.1, -0.05) is 0 Å². The summed E-state index contributed by atoms with van der Waals surface area (Å²) in [5.74, 6) is 1.59. The molecule has 1 unspecified atom stereocenters. The third-order valence-corrected chi connectivity index (χ3v) is 4.41. The van der Waals surface area contributed by atoms with Crippen LogP contribution in [0.4, 0.5) is 4.39 Å². The van der Waals surface area contributed by atoms with Crippen molar-refractivity contribution in [1.82, 2.24) is 9.55 Å². The number of thioether (sulfide) groups is 1. The van der Waals surface area contributed by atoms with E-state index in [0.29, 0.717) is 9.99 Å². The van der Waals surface area contributed by atoms with Crippen LogP contribution in [0.15, 0.2) is 16.6 Å². The topological polar surface area (TPSA) is 17.8 Å². The highest BCUT2D eigenvalue weighted by molar-refractivity contribution is 9.10. The molecule has 2 rings (SSSR count). The molecule has 1 heterocycles. The van der Waals surface area contributed by atoms with Gasteiger partial charge in [0.25, 0.3) is 0 Å². The van der Waals surface area contributed by atoms with E-state index in [1.807, 2.05) is 18.7 Å². The summed E-state index contributed by atoms with van der Waals surface area (Å²) in [6, 6.07) is 3.23. The highest BCUT2D eigenvalue weighted by Gasteiger charge is 2.16. The number of aryl methyl sites for hydroxylation is 1. The summed E-state index contributed by atoms with van der Waals surface area (Å²) in [5, 5.41) is -0.191. The fourth-order valence-corrected chi connectivity index (χ4v) is 2.96. The van der Waals surface area contributed by atoms with E-state index in [9.17, 15) is 4.39 Å². The first kappa shape index (κ1) is 15.1. The van der Waals surface area contributed by atoms with Gasteiger partial charge in [-0.25, -0.2) is 9.37 Å². The minimum atomic E-state index is -0.296. The van der Waals surface area contributed by atoms with Gasteiger partial charge in [-0.15, -0.1) is 11.6 Å². The molecule has 0 aliphatic carbocycles. The van der Waals surface area contributed by atoms with Gasteiger partial charge in [0.1, 0.15) is 11.6 Å². The van der Waals surface area contributed by atoms with Crippen molar-refractivity contribution in [3.8, 4) is 0 Å². The minimum Gasteiger partial charge on any atom is -0.327 e. The Morgan fingerprint density at radius 3 is 2.89 bits per heavy atom. The lowest BCUT2D eigenvalue weighted by atomic mass is 10.3. The fourth-order valence-electron chi connectivity index (χ4n) is 2.04. The van der Waals surface area contributed by atoms with Crippen LogP contribution in [0, 0.1) is 5.82 Å². The standard InChI is InChI=1S/C13H15BrClFN2S/c1-8(15)13-17-11-7-10(16)9(14)6-12(11)18(13)4-3-5-19-2/h6-8H,3-5H2,1-2H3. The SMILES string of the molecule is CSCCCn1c(C(C)Cl)nc2cc(F)c(Br)cc21. The van der Waals surface area contributed by atoms with E-state index < -0.39 is 0 Å². The Morgan fingerprint density at radius 1 is 1.53 bits per heavy atom. The molecule has 0 aliphatic heterocycles. The predicted molar refractivity (Wildman–Crippen MR) is 84.7 cm³/mol. The normalized spacial score (nSPS) is 13.1. The molecular formula is C13H15BrClFN2S. The molecule has 0 bridgehead atoms. The van der Waals surface area contributed by atoms with E-state index in [2.05, 4.69) is 31.7 Å². The van der Waals surface area contributed by atoms with Gasteiger partial charge in [0.05, 0.1) is 20.9 Å². The smallest absolute Gasteiger partial charge is 0.139 e. The number of hydrogen-bond donors (Lipinski definition) is 0. The highest BCUT2D eigenvalue weighted by atomic mass is 79.9. The van der Waals surface area contributed by atoms with Gasteiger partial charge in [-0.2, -0.15) is 11.8 Å². The van der Waals surface area contributed by atoms with Crippen LogP contribution in [0.5, 0.6) is 0 Å². The number of nitrogens with zero attached hydrogens (tertiary/aromatic N) is 2. The monoisotopic (exact) mass is 364 g/mol. The van der Waals surface area contributed by atoms with E-state index in [-0.39, 0.29) is 11.2 Å². The first-order chi connectivity index (χ1) is 9.04. The molecular weight excluding hydrogens is 351 g/mol. The third kappa shape index (κ3) is 3.26. The molecule has 104 valence electrons. The van der Waals surface area contributed by atoms with Crippen molar-refractivity contribution in [2.45, 2.75) is 25.3 Å². The lowest BCUT2D eigenvalue weighted by molar-refractivity contribution is 0.622. The number of halogens is 3. The first-order valence-corrected chi connectivity index (χ1v) is 8.65. The molecule has 1 aromatic carbocycles. The molecule has 1 atom stereocenters. The van der Waals surface area contributed by atoms with Crippen LogP contribution in [0.25, 0.3) is 11.0 Å². The predicted octanol–water partition coefficient (Wildman–Crippen LogP) is 4.99. The second-order valence-electron chi connectivity index (χ2n) is 4.34. The van der Waals surface area contributed by atoms with E-state index in [4.69, 9.17) is 11.6 Å². The number of fused-ring (bicyclic) bond motifs is 1. The summed E-state index contributed by atoms with van der Waals surface area (Å²) in [4.78, 5) is 4.46. The Labute approximate surface area is 129 Å². The van der Waals surface area contributed by atoms with Crippen LogP contribution in [0.1, 0.15) is 24.5 Å². The quantitative estimate of drug-likeness (QED) is 0.548. The second kappa shape index (κ2) is 6.46. The zero-order chi connectivity index (χ0) is 14.0. The molecule has 2 aromatic rings. The number of alkyl halides is 1. The minimum absolute atomic E-state index is 0.191. The highest BCUT2D eigenvalue weighted by Crippen LogP contribution is 2.28. The van der Waals surface area contributed by atoms with Crippen molar-refractivity contribution in [1.29, 1.82) is 0 Å². The van der Waals surface area contributed by atoms with Gasteiger partial charge in [0.2, 0.25) is 0 Å². The van der Waals surface area contributed by atoms with Crippen LogP contribution in [0.2, 0.25) is 0 Å². The van der Waals surface area contributed by atoms with Crippen LogP contribution in [0.3, 0.4) is 0 Å². The summed E-state index contributed by atoms with van der Waals surface area (Å²) < 4.78 is 16.1. The Balaban J connectivity index is 2.49. The molecule has 0 spiro atoms. The van der Waals surface area contributed by atoms with Crippen LogP contribution in [-0.4, -0.2) is 21.6 Å². The molecule has 0 aliphatic rings. The molecule has 6 heteroatoms. The lowest BCUT2D eigenvalue weighted by Crippen LogP contribution is -2.05. The summed E-state index contributed by atoms with van der Waals surface area (Å²) in [6.45, 7) is 2.74. The molecule has 0 amide bonds. The summed E-state index contributed by atoms with van der Waals surface area (Å²) in [6.07, 6.45) is 3.13. The van der Waals surface area contributed by atoms with Gasteiger partial charge in [-0.3, -0.25) is 0 Å². The lowest BCUT2D eigenvalue weighted by Gasteiger charge is -2.10. The van der Waals surface area contributed by atoms with Gasteiger partial charge in [0.15, 0.2) is 0 Å². The number of aromatic nitrogens is 2.